The fraction of sp³-hybridized carbons (Fsp3) is 0.143. The second-order valence-corrected chi connectivity index (χ2v) is 6.87. The van der Waals surface area contributed by atoms with Crippen LogP contribution in [0.1, 0.15) is 11.1 Å². The Bertz CT molecular complexity index is 804. The van der Waals surface area contributed by atoms with Gasteiger partial charge in [-0.3, -0.25) is 0 Å². The molecule has 0 spiro atoms. The average Bonchev–Trinajstić information content (AvgIpc) is 2.51. The van der Waals surface area contributed by atoms with Gasteiger partial charge in [0.2, 0.25) is 9.84 Å². The molecule has 0 amide bonds. The van der Waals surface area contributed by atoms with E-state index in [0.717, 1.165) is 12.1 Å². The highest BCUT2D eigenvalue weighted by atomic mass is 35.5. The molecule has 0 fully saturated rings. The van der Waals surface area contributed by atoms with Gasteiger partial charge in [0.05, 0.1) is 21.6 Å². The summed E-state index contributed by atoms with van der Waals surface area (Å²) in [5, 5.41) is 0. The van der Waals surface area contributed by atoms with Crippen LogP contribution in [-0.4, -0.2) is 8.42 Å². The number of rotatable bonds is 4. The lowest BCUT2D eigenvalue weighted by Gasteiger charge is -2.13. The lowest BCUT2D eigenvalue weighted by Crippen LogP contribution is -2.11. The number of hydrogen-bond acceptors (Lipinski definition) is 2. The Kier molecular flexibility index (Phi) is 5.23. The van der Waals surface area contributed by atoms with Crippen LogP contribution in [0.15, 0.2) is 34.1 Å². The van der Waals surface area contributed by atoms with Gasteiger partial charge in [-0.15, -0.1) is 23.2 Å². The van der Waals surface area contributed by atoms with E-state index >= 15 is 0 Å². The molecule has 0 saturated carbocycles. The first kappa shape index (κ1) is 18.0. The minimum Gasteiger partial charge on any atom is -0.218 e. The number of hydrogen-bond donors (Lipinski definition) is 0. The molecule has 2 nitrogen and oxygen atoms in total. The molecular weight excluding hydrogens is 379 g/mol. The van der Waals surface area contributed by atoms with Crippen LogP contribution in [0, 0.1) is 23.3 Å². The van der Waals surface area contributed by atoms with Crippen LogP contribution in [0.3, 0.4) is 0 Å². The molecule has 2 rings (SSSR count). The van der Waals surface area contributed by atoms with Gasteiger partial charge >= 0.3 is 0 Å². The summed E-state index contributed by atoms with van der Waals surface area (Å²) < 4.78 is 79.2. The average molecular weight is 387 g/mol. The maximum atomic E-state index is 13.8. The summed E-state index contributed by atoms with van der Waals surface area (Å²) >= 11 is 11.0. The van der Waals surface area contributed by atoms with E-state index < -0.39 is 65.8 Å². The molecule has 0 saturated heterocycles. The van der Waals surface area contributed by atoms with Crippen LogP contribution in [-0.2, 0) is 21.6 Å². The predicted octanol–water partition coefficient (Wildman–Crippen LogP) is 4.55. The van der Waals surface area contributed by atoms with Crippen molar-refractivity contribution in [1.29, 1.82) is 0 Å². The summed E-state index contributed by atoms with van der Waals surface area (Å²) in [7, 11) is -4.49. The van der Waals surface area contributed by atoms with Gasteiger partial charge in [0.25, 0.3) is 0 Å². The van der Waals surface area contributed by atoms with Gasteiger partial charge in [0, 0.05) is 11.1 Å². The Balaban J connectivity index is 2.80. The number of alkyl halides is 2. The SMILES string of the molecule is O=S(=O)(c1ccc(F)c(F)c1CCl)c1ccc(F)c(F)c1CCl. The Hall–Kier alpha value is -1.31. The number of halogens is 6. The fourth-order valence-electron chi connectivity index (χ4n) is 2.02. The first-order chi connectivity index (χ1) is 10.8. The van der Waals surface area contributed by atoms with Crippen LogP contribution in [0.2, 0.25) is 0 Å². The lowest BCUT2D eigenvalue weighted by atomic mass is 10.2. The maximum Gasteiger partial charge on any atom is 0.207 e. The monoisotopic (exact) mass is 386 g/mol. The molecule has 0 aliphatic heterocycles. The van der Waals surface area contributed by atoms with E-state index in [0.29, 0.717) is 12.1 Å². The zero-order valence-electron chi connectivity index (χ0n) is 11.2. The van der Waals surface area contributed by atoms with Crippen LogP contribution in [0.4, 0.5) is 17.6 Å². The Morgan fingerprint density at radius 2 is 1.09 bits per heavy atom. The third-order valence-electron chi connectivity index (χ3n) is 3.15. The second kappa shape index (κ2) is 6.67. The molecule has 23 heavy (non-hydrogen) atoms. The van der Waals surface area contributed by atoms with Crippen molar-refractivity contribution < 1.29 is 26.0 Å². The molecule has 0 aliphatic rings. The standard InChI is InChI=1S/C14H8Cl2F4O2S/c15-5-7-11(3-1-9(17)13(7)19)23(21,22)12-4-2-10(18)14(20)8(12)6-16/h1-4H,5-6H2. The van der Waals surface area contributed by atoms with Gasteiger partial charge in [0.15, 0.2) is 23.3 Å². The first-order valence-corrected chi connectivity index (χ1v) is 8.61. The summed E-state index contributed by atoms with van der Waals surface area (Å²) in [6, 6.07) is 2.84. The van der Waals surface area contributed by atoms with Gasteiger partial charge in [0.1, 0.15) is 0 Å². The summed E-state index contributed by atoms with van der Waals surface area (Å²) in [5.41, 5.74) is -1.20. The molecule has 0 N–H and O–H groups in total. The minimum atomic E-state index is -4.49. The fourth-order valence-corrected chi connectivity index (χ4v) is 4.41. The molecule has 0 unspecified atom stereocenters. The highest BCUT2D eigenvalue weighted by Crippen LogP contribution is 2.32. The number of sulfone groups is 1. The molecule has 2 aromatic rings. The Labute approximate surface area is 139 Å². The molecule has 0 atom stereocenters. The highest BCUT2D eigenvalue weighted by Gasteiger charge is 2.29. The quantitative estimate of drug-likeness (QED) is 0.438. The molecule has 0 bridgehead atoms. The highest BCUT2D eigenvalue weighted by molar-refractivity contribution is 7.91. The second-order valence-electron chi connectivity index (χ2n) is 4.45. The van der Waals surface area contributed by atoms with Crippen molar-refractivity contribution in [2.75, 3.05) is 0 Å². The molecule has 0 heterocycles. The minimum absolute atomic E-state index is 0.600. The van der Waals surface area contributed by atoms with Crippen molar-refractivity contribution >= 4 is 33.0 Å². The van der Waals surface area contributed by atoms with E-state index in [4.69, 9.17) is 23.2 Å². The summed E-state index contributed by atoms with van der Waals surface area (Å²) in [6.45, 7) is 0. The smallest absolute Gasteiger partial charge is 0.207 e. The first-order valence-electron chi connectivity index (χ1n) is 6.06. The van der Waals surface area contributed by atoms with Gasteiger partial charge in [-0.1, -0.05) is 0 Å². The van der Waals surface area contributed by atoms with E-state index in [1.54, 1.807) is 0 Å². The Morgan fingerprint density at radius 1 is 0.739 bits per heavy atom. The molecule has 2 aromatic carbocycles. The summed E-state index contributed by atoms with van der Waals surface area (Å²) in [4.78, 5) is -1.27. The van der Waals surface area contributed by atoms with Crippen LogP contribution >= 0.6 is 23.2 Å². The van der Waals surface area contributed by atoms with Crippen molar-refractivity contribution in [3.8, 4) is 0 Å². The van der Waals surface area contributed by atoms with Crippen LogP contribution in [0.25, 0.3) is 0 Å². The summed E-state index contributed by atoms with van der Waals surface area (Å²) in [5.74, 6) is -6.65. The van der Waals surface area contributed by atoms with Crippen molar-refractivity contribution in [3.63, 3.8) is 0 Å². The van der Waals surface area contributed by atoms with E-state index in [9.17, 15) is 26.0 Å². The van der Waals surface area contributed by atoms with E-state index in [1.165, 1.54) is 0 Å². The maximum absolute atomic E-state index is 13.8. The molecular formula is C14H8Cl2F4O2S. The summed E-state index contributed by atoms with van der Waals surface area (Å²) in [6.07, 6.45) is 0. The van der Waals surface area contributed by atoms with Crippen LogP contribution < -0.4 is 0 Å². The Morgan fingerprint density at radius 3 is 1.39 bits per heavy atom. The topological polar surface area (TPSA) is 34.1 Å². The van der Waals surface area contributed by atoms with Crippen molar-refractivity contribution in [1.82, 2.24) is 0 Å². The van der Waals surface area contributed by atoms with Gasteiger partial charge in [-0.05, 0) is 24.3 Å². The molecule has 0 aliphatic carbocycles. The third kappa shape index (κ3) is 3.05. The lowest BCUT2D eigenvalue weighted by molar-refractivity contribution is 0.494. The molecule has 124 valence electrons. The largest absolute Gasteiger partial charge is 0.218 e. The van der Waals surface area contributed by atoms with Gasteiger partial charge in [-0.2, -0.15) is 0 Å². The van der Waals surface area contributed by atoms with Crippen molar-refractivity contribution in [2.24, 2.45) is 0 Å². The van der Waals surface area contributed by atoms with Gasteiger partial charge in [-0.25, -0.2) is 26.0 Å². The third-order valence-corrected chi connectivity index (χ3v) is 5.61. The molecule has 9 heteroatoms. The zero-order chi connectivity index (χ0) is 17.4. The predicted molar refractivity (Wildman–Crippen MR) is 77.3 cm³/mol. The zero-order valence-corrected chi connectivity index (χ0v) is 13.5. The van der Waals surface area contributed by atoms with Crippen molar-refractivity contribution in [3.05, 3.63) is 58.7 Å². The van der Waals surface area contributed by atoms with Crippen LogP contribution in [0.5, 0.6) is 0 Å². The van der Waals surface area contributed by atoms with Gasteiger partial charge < -0.3 is 0 Å². The van der Waals surface area contributed by atoms with E-state index in [1.807, 2.05) is 0 Å². The van der Waals surface area contributed by atoms with Crippen molar-refractivity contribution in [2.45, 2.75) is 21.6 Å². The molecule has 0 aromatic heterocycles. The normalized spacial score (nSPS) is 11.7. The number of benzene rings is 2. The van der Waals surface area contributed by atoms with E-state index in [2.05, 4.69) is 0 Å². The molecule has 0 radical (unpaired) electrons. The van der Waals surface area contributed by atoms with E-state index in [-0.39, 0.29) is 0 Å².